The second-order valence-corrected chi connectivity index (χ2v) is 11.4. The molecular formula is C40H22N6OPt. The average molecular weight is 798 g/mol. The molecule has 0 N–H and O–H groups in total. The smallest absolute Gasteiger partial charge is 0.497 e. The summed E-state index contributed by atoms with van der Waals surface area (Å²) in [5.41, 5.74) is 7.16. The van der Waals surface area contributed by atoms with Crippen molar-refractivity contribution in [1.29, 1.82) is 0 Å². The Morgan fingerprint density at radius 3 is 1.81 bits per heavy atom. The van der Waals surface area contributed by atoms with Crippen molar-refractivity contribution in [2.24, 2.45) is 0 Å². The number of hydrogen-bond acceptors (Lipinski definition) is 5. The van der Waals surface area contributed by atoms with Gasteiger partial charge in [0.25, 0.3) is 0 Å². The summed E-state index contributed by atoms with van der Waals surface area (Å²) in [6.07, 6.45) is 7.56. The molecule has 0 saturated heterocycles. The van der Waals surface area contributed by atoms with Gasteiger partial charge in [0.05, 0.1) is 22.7 Å². The average Bonchev–Trinajstić information content (AvgIpc) is 3.79. The number of fused-ring (bicyclic) bond motifs is 12. The summed E-state index contributed by atoms with van der Waals surface area (Å²) in [7, 11) is 0. The molecule has 0 aliphatic heterocycles. The molecule has 0 fully saturated rings. The Labute approximate surface area is 288 Å². The van der Waals surface area contributed by atoms with E-state index in [-0.39, 0.29) is 21.1 Å². The molecule has 0 spiro atoms. The van der Waals surface area contributed by atoms with E-state index >= 15 is 0 Å². The molecule has 6 aromatic heterocycles. The largest absolute Gasteiger partial charge is 2.00 e. The van der Waals surface area contributed by atoms with Crippen molar-refractivity contribution >= 4 is 54.9 Å². The summed E-state index contributed by atoms with van der Waals surface area (Å²) >= 11 is 0. The minimum atomic E-state index is 0. The van der Waals surface area contributed by atoms with Crippen LogP contribution in [0.3, 0.4) is 0 Å². The van der Waals surface area contributed by atoms with E-state index < -0.39 is 0 Å². The molecule has 0 bridgehead atoms. The van der Waals surface area contributed by atoms with E-state index in [0.29, 0.717) is 11.5 Å². The zero-order valence-corrected chi connectivity index (χ0v) is 27.4. The zero-order chi connectivity index (χ0) is 30.9. The number of benzene rings is 4. The monoisotopic (exact) mass is 797 g/mol. The molecule has 0 radical (unpaired) electrons. The van der Waals surface area contributed by atoms with Gasteiger partial charge in [-0.3, -0.25) is 9.97 Å². The number of rotatable bonds is 4. The van der Waals surface area contributed by atoms with E-state index in [1.165, 1.54) is 0 Å². The van der Waals surface area contributed by atoms with Crippen LogP contribution in [0, 0.1) is 12.1 Å². The first-order chi connectivity index (χ1) is 23.3. The number of nitrogens with zero attached hydrogens (tertiary/aromatic N) is 6. The Hall–Kier alpha value is -5.91. The summed E-state index contributed by atoms with van der Waals surface area (Å²) in [5, 5.41) is 5.75. The normalized spacial score (nSPS) is 11.6. The van der Waals surface area contributed by atoms with Crippen LogP contribution in [-0.2, 0) is 21.1 Å². The molecule has 10 rings (SSSR count). The number of pyridine rings is 4. The quantitative estimate of drug-likeness (QED) is 0.131. The van der Waals surface area contributed by atoms with Gasteiger partial charge >= 0.3 is 21.1 Å². The van der Waals surface area contributed by atoms with Gasteiger partial charge in [0.1, 0.15) is 11.3 Å². The number of aromatic nitrogens is 6. The van der Waals surface area contributed by atoms with Crippen molar-refractivity contribution in [2.75, 3.05) is 0 Å². The van der Waals surface area contributed by atoms with Crippen LogP contribution >= 0.6 is 0 Å². The van der Waals surface area contributed by atoms with Crippen LogP contribution in [0.25, 0.3) is 77.4 Å². The number of imidazole rings is 2. The van der Waals surface area contributed by atoms with Gasteiger partial charge in [0, 0.05) is 41.8 Å². The van der Waals surface area contributed by atoms with E-state index in [1.54, 1.807) is 0 Å². The van der Waals surface area contributed by atoms with Crippen molar-refractivity contribution in [3.05, 3.63) is 146 Å². The predicted molar refractivity (Wildman–Crippen MR) is 185 cm³/mol. The van der Waals surface area contributed by atoms with Gasteiger partial charge in [-0.2, -0.15) is 0 Å². The van der Waals surface area contributed by atoms with Gasteiger partial charge in [-0.05, 0) is 28.5 Å². The van der Waals surface area contributed by atoms with E-state index in [1.807, 2.05) is 89.9 Å². The number of hydrogen-bond donors (Lipinski definition) is 0. The first kappa shape index (κ1) is 28.3. The SMILES string of the molecule is [Pt+2].[c-]1c(Oc2[c-]c3c(cc2)c2cccnc2n2c(-c4ccccc4)cnc32)ccc2c1c1nc(-c3ccccc3)cn1c1ncccc21. The van der Waals surface area contributed by atoms with Gasteiger partial charge in [-0.1, -0.05) is 119 Å². The van der Waals surface area contributed by atoms with Crippen molar-refractivity contribution in [1.82, 2.24) is 28.7 Å². The topological polar surface area (TPSA) is 69.6 Å². The van der Waals surface area contributed by atoms with Gasteiger partial charge in [-0.25, -0.2) is 9.97 Å². The van der Waals surface area contributed by atoms with Crippen LogP contribution in [0.5, 0.6) is 11.5 Å². The molecule has 0 amide bonds. The molecule has 10 aromatic rings. The minimum absolute atomic E-state index is 0. The standard InChI is InChI=1S/C40H22N6O.Pt/c1-3-9-25(10-4-1)35-24-45-37-31(13-7-19-41-37)29-17-15-28(22-34(29)40(45)44-35)47-27-16-18-30-32-14-8-20-42-38(32)46-36(26-11-5-2-6-12-26)23-43-39(46)33(30)21-27;/h1-20,23-24H;/q-2;+2. The summed E-state index contributed by atoms with van der Waals surface area (Å²) in [5.74, 6) is 1.13. The molecule has 0 aliphatic rings. The Morgan fingerprint density at radius 1 is 0.521 bits per heavy atom. The second kappa shape index (κ2) is 11.1. The molecule has 228 valence electrons. The van der Waals surface area contributed by atoms with E-state index in [4.69, 9.17) is 24.7 Å². The van der Waals surface area contributed by atoms with Crippen LogP contribution in [0.4, 0.5) is 0 Å². The summed E-state index contributed by atoms with van der Waals surface area (Å²) in [6.45, 7) is 0. The summed E-state index contributed by atoms with van der Waals surface area (Å²) in [4.78, 5) is 19.4. The second-order valence-electron chi connectivity index (χ2n) is 11.4. The van der Waals surface area contributed by atoms with Crippen molar-refractivity contribution in [2.45, 2.75) is 0 Å². The van der Waals surface area contributed by atoms with Crippen molar-refractivity contribution in [3.63, 3.8) is 0 Å². The fourth-order valence-corrected chi connectivity index (χ4v) is 6.59. The van der Waals surface area contributed by atoms with Crippen LogP contribution in [-0.4, -0.2) is 28.7 Å². The minimum Gasteiger partial charge on any atom is -0.497 e. The van der Waals surface area contributed by atoms with Crippen molar-refractivity contribution < 1.29 is 25.8 Å². The molecule has 0 unspecified atom stereocenters. The maximum absolute atomic E-state index is 6.48. The van der Waals surface area contributed by atoms with E-state index in [9.17, 15) is 0 Å². The summed E-state index contributed by atoms with van der Waals surface area (Å²) < 4.78 is 10.6. The molecule has 0 atom stereocenters. The number of ether oxygens (including phenoxy) is 1. The molecule has 8 heteroatoms. The fourth-order valence-electron chi connectivity index (χ4n) is 6.59. The first-order valence-corrected chi connectivity index (χ1v) is 15.3. The van der Waals surface area contributed by atoms with Crippen LogP contribution in [0.1, 0.15) is 0 Å². The van der Waals surface area contributed by atoms with Gasteiger partial charge in [0.2, 0.25) is 0 Å². The molecular weight excluding hydrogens is 776 g/mol. The third-order valence-electron chi connectivity index (χ3n) is 8.71. The molecule has 7 nitrogen and oxygen atoms in total. The first-order valence-electron chi connectivity index (χ1n) is 15.3. The predicted octanol–water partition coefficient (Wildman–Crippen LogP) is 9.11. The van der Waals surface area contributed by atoms with Crippen LogP contribution < -0.4 is 4.74 Å². The molecule has 48 heavy (non-hydrogen) atoms. The van der Waals surface area contributed by atoms with Crippen LogP contribution in [0.15, 0.2) is 134 Å². The zero-order valence-electron chi connectivity index (χ0n) is 25.1. The van der Waals surface area contributed by atoms with Crippen LogP contribution in [0.2, 0.25) is 0 Å². The van der Waals surface area contributed by atoms with Gasteiger partial charge in [0.15, 0.2) is 0 Å². The fraction of sp³-hybridized carbons (Fsp3) is 0. The molecule has 0 saturated carbocycles. The maximum Gasteiger partial charge on any atom is 2.00 e. The maximum atomic E-state index is 6.48. The van der Waals surface area contributed by atoms with Gasteiger partial charge < -0.3 is 13.5 Å². The van der Waals surface area contributed by atoms with E-state index in [0.717, 1.165) is 77.4 Å². The molecule has 4 aromatic carbocycles. The summed E-state index contributed by atoms with van der Waals surface area (Å²) in [6, 6.07) is 43.5. The Morgan fingerprint density at radius 2 is 1.12 bits per heavy atom. The Kier molecular flexibility index (Phi) is 6.56. The third-order valence-corrected chi connectivity index (χ3v) is 8.71. The Balaban J connectivity index is 0.00000314. The van der Waals surface area contributed by atoms with Crippen molar-refractivity contribution in [3.8, 4) is 34.0 Å². The molecule has 0 aliphatic carbocycles. The third kappa shape index (κ3) is 4.32. The van der Waals surface area contributed by atoms with Gasteiger partial charge in [-0.15, -0.1) is 12.1 Å². The van der Waals surface area contributed by atoms with E-state index in [2.05, 4.69) is 65.1 Å². The molecule has 6 heterocycles. The Bertz CT molecular complexity index is 2780.